The minimum absolute atomic E-state index is 0.512. The van der Waals surface area contributed by atoms with E-state index in [2.05, 4.69) is 55.4 Å². The lowest BCUT2D eigenvalue weighted by Crippen LogP contribution is -2.68. The van der Waals surface area contributed by atoms with Gasteiger partial charge in [-0.1, -0.05) is 55.4 Å². The molecule has 25 heavy (non-hydrogen) atoms. The van der Waals surface area contributed by atoms with E-state index in [4.69, 9.17) is 49.7 Å². The molecule has 0 saturated heterocycles. The van der Waals surface area contributed by atoms with E-state index in [1.807, 2.05) is 0 Å². The van der Waals surface area contributed by atoms with E-state index in [0.29, 0.717) is 41.3 Å². The number of rotatable bonds is 10. The standard InChI is InChI=1S/C19H38N2S4/c1-14(2)9-20(18(22)23,10-15(3)4)13-21(19(24)25,11-16(5)6)12-17(7)8/h14-17H,9-13H2,1-8H3. The molecule has 0 N–H and O–H groups in total. The Hall–Kier alpha value is 0.540. The van der Waals surface area contributed by atoms with Crippen LogP contribution >= 0.6 is 24.4 Å². The van der Waals surface area contributed by atoms with Crippen molar-refractivity contribution in [2.45, 2.75) is 55.4 Å². The molecule has 0 atom stereocenters. The fraction of sp³-hybridized carbons (Fsp3) is 0.895. The molecule has 6 heteroatoms. The SMILES string of the molecule is CC(C)C[N+](CC(C)C)(C[N+](CC(C)C)(CC(C)C)C(=S)[S-])C(=S)[S-]. The van der Waals surface area contributed by atoms with Gasteiger partial charge in [0.1, 0.15) is 0 Å². The summed E-state index contributed by atoms with van der Waals surface area (Å²) in [6.45, 7) is 22.6. The highest BCUT2D eigenvalue weighted by atomic mass is 32.1. The maximum absolute atomic E-state index is 5.65. The predicted molar refractivity (Wildman–Crippen MR) is 124 cm³/mol. The maximum Gasteiger partial charge on any atom is 0.214 e. The molecule has 0 spiro atoms. The predicted octanol–water partition coefficient (Wildman–Crippen LogP) is 4.87. The smallest absolute Gasteiger partial charge is 0.214 e. The zero-order valence-corrected chi connectivity index (χ0v) is 20.6. The highest BCUT2D eigenvalue weighted by Crippen LogP contribution is 2.26. The van der Waals surface area contributed by atoms with Gasteiger partial charge in [0.25, 0.3) is 0 Å². The van der Waals surface area contributed by atoms with Crippen LogP contribution in [-0.2, 0) is 25.3 Å². The summed E-state index contributed by atoms with van der Waals surface area (Å²) >= 11 is 22.6. The zero-order valence-electron chi connectivity index (χ0n) is 17.4. The first kappa shape index (κ1) is 25.5. The molecule has 0 saturated carbocycles. The second kappa shape index (κ2) is 10.8. The Labute approximate surface area is 178 Å². The number of thiocarbonyl (C=S) groups is 2. The normalized spacial score (nSPS) is 13.3. The third kappa shape index (κ3) is 8.39. The molecule has 0 aromatic heterocycles. The summed E-state index contributed by atoms with van der Waals surface area (Å²) in [5.74, 6) is 2.05. The van der Waals surface area contributed by atoms with Gasteiger partial charge in [0.05, 0.1) is 26.2 Å². The maximum atomic E-state index is 5.65. The number of hydrogen-bond acceptors (Lipinski definition) is 4. The van der Waals surface area contributed by atoms with Crippen LogP contribution in [0.2, 0.25) is 0 Å². The first-order chi connectivity index (χ1) is 11.3. The van der Waals surface area contributed by atoms with Crippen LogP contribution in [0.1, 0.15) is 55.4 Å². The van der Waals surface area contributed by atoms with Crippen molar-refractivity contribution < 1.29 is 8.97 Å². The molecule has 0 radical (unpaired) electrons. The van der Waals surface area contributed by atoms with Gasteiger partial charge < -0.3 is 49.7 Å². The molecule has 0 fully saturated rings. The Balaban J connectivity index is 6.16. The van der Waals surface area contributed by atoms with E-state index < -0.39 is 0 Å². The third-order valence-electron chi connectivity index (χ3n) is 4.17. The summed E-state index contributed by atoms with van der Waals surface area (Å²) in [6.07, 6.45) is 0. The molecule has 0 aliphatic rings. The summed E-state index contributed by atoms with van der Waals surface area (Å²) < 4.78 is 2.64. The summed E-state index contributed by atoms with van der Waals surface area (Å²) in [7, 11) is 0. The van der Waals surface area contributed by atoms with Crippen molar-refractivity contribution in [2.75, 3.05) is 32.8 Å². The Morgan fingerprint density at radius 3 is 0.920 bits per heavy atom. The van der Waals surface area contributed by atoms with Crippen LogP contribution in [0.4, 0.5) is 0 Å². The molecule has 2 nitrogen and oxygen atoms in total. The summed E-state index contributed by atoms with van der Waals surface area (Å²) in [6, 6.07) is 0. The van der Waals surface area contributed by atoms with Crippen LogP contribution in [0, 0.1) is 23.7 Å². The second-order valence-electron chi connectivity index (χ2n) is 9.27. The second-order valence-corrected chi connectivity index (χ2v) is 11.3. The van der Waals surface area contributed by atoms with E-state index >= 15 is 0 Å². The van der Waals surface area contributed by atoms with Crippen LogP contribution in [0.15, 0.2) is 0 Å². The molecule has 0 bridgehead atoms. The fourth-order valence-electron chi connectivity index (χ4n) is 4.11. The van der Waals surface area contributed by atoms with Crippen LogP contribution < -0.4 is 0 Å². The number of quaternary nitrogens is 2. The largest absolute Gasteiger partial charge is 0.369 e. The average molecular weight is 423 g/mol. The van der Waals surface area contributed by atoms with E-state index in [0.717, 1.165) is 32.8 Å². The Bertz CT molecular complexity index is 385. The van der Waals surface area contributed by atoms with E-state index in [-0.39, 0.29) is 0 Å². The molecular formula is C19H38N2S4. The van der Waals surface area contributed by atoms with Gasteiger partial charge in [-0.15, -0.1) is 0 Å². The van der Waals surface area contributed by atoms with Gasteiger partial charge >= 0.3 is 0 Å². The van der Waals surface area contributed by atoms with Crippen molar-refractivity contribution in [3.63, 3.8) is 0 Å². The molecule has 0 amide bonds. The highest BCUT2D eigenvalue weighted by Gasteiger charge is 2.41. The lowest BCUT2D eigenvalue weighted by atomic mass is 10.1. The van der Waals surface area contributed by atoms with Crippen LogP contribution in [0.25, 0.3) is 0 Å². The Morgan fingerprint density at radius 1 is 0.600 bits per heavy atom. The van der Waals surface area contributed by atoms with Crippen LogP contribution in [-0.4, -0.2) is 50.5 Å². The third-order valence-corrected chi connectivity index (χ3v) is 5.72. The topological polar surface area (TPSA) is 0 Å². The minimum Gasteiger partial charge on any atom is -0.369 e. The van der Waals surface area contributed by atoms with Crippen LogP contribution in [0.5, 0.6) is 0 Å². The first-order valence-corrected chi connectivity index (χ1v) is 11.0. The minimum atomic E-state index is 0.512. The van der Waals surface area contributed by atoms with Gasteiger partial charge in [0.15, 0.2) is 0 Å². The highest BCUT2D eigenvalue weighted by molar-refractivity contribution is 8.00. The molecular weight excluding hydrogens is 384 g/mol. The van der Waals surface area contributed by atoms with E-state index in [1.54, 1.807) is 0 Å². The van der Waals surface area contributed by atoms with Crippen LogP contribution in [0.3, 0.4) is 0 Å². The fourth-order valence-corrected chi connectivity index (χ4v) is 4.93. The van der Waals surface area contributed by atoms with Gasteiger partial charge in [-0.25, -0.2) is 0 Å². The molecule has 0 heterocycles. The molecule has 0 aliphatic heterocycles. The average Bonchev–Trinajstić information content (AvgIpc) is 2.34. The molecule has 0 aliphatic carbocycles. The summed E-state index contributed by atoms with van der Waals surface area (Å²) in [5, 5.41) is 0. The van der Waals surface area contributed by atoms with Gasteiger partial charge in [0.2, 0.25) is 6.67 Å². The first-order valence-electron chi connectivity index (χ1n) is 9.41. The quantitative estimate of drug-likeness (QED) is 0.213. The monoisotopic (exact) mass is 422 g/mol. The lowest BCUT2D eigenvalue weighted by molar-refractivity contribution is -1.02. The van der Waals surface area contributed by atoms with Crippen molar-refractivity contribution in [1.82, 2.24) is 0 Å². The van der Waals surface area contributed by atoms with Gasteiger partial charge in [-0.2, -0.15) is 0 Å². The van der Waals surface area contributed by atoms with Crippen molar-refractivity contribution in [3.8, 4) is 0 Å². The summed E-state index contributed by atoms with van der Waals surface area (Å²) in [4.78, 5) is 0. The molecule has 0 aromatic carbocycles. The van der Waals surface area contributed by atoms with Gasteiger partial charge in [-0.3, -0.25) is 8.97 Å². The van der Waals surface area contributed by atoms with E-state index in [1.165, 1.54) is 0 Å². The van der Waals surface area contributed by atoms with Crippen molar-refractivity contribution in [1.29, 1.82) is 0 Å². The van der Waals surface area contributed by atoms with Gasteiger partial charge in [-0.05, 0) is 0 Å². The number of hydrogen-bond donors (Lipinski definition) is 0. The van der Waals surface area contributed by atoms with Gasteiger partial charge in [0, 0.05) is 32.3 Å². The van der Waals surface area contributed by atoms with Crippen molar-refractivity contribution in [2.24, 2.45) is 23.7 Å². The van der Waals surface area contributed by atoms with E-state index in [9.17, 15) is 0 Å². The molecule has 0 unspecified atom stereocenters. The summed E-state index contributed by atoms with van der Waals surface area (Å²) in [5.41, 5.74) is 0. The Kier molecular flexibility index (Phi) is 11.0. The number of nitrogens with zero attached hydrogens (tertiary/aromatic N) is 2. The molecule has 148 valence electrons. The molecule has 0 rings (SSSR count). The Morgan fingerprint density at radius 2 is 0.800 bits per heavy atom. The molecule has 0 aromatic rings. The lowest BCUT2D eigenvalue weighted by Gasteiger charge is -2.52. The zero-order chi connectivity index (χ0) is 20.0. The van der Waals surface area contributed by atoms with Crippen molar-refractivity contribution >= 4 is 58.3 Å². The van der Waals surface area contributed by atoms with Crippen molar-refractivity contribution in [3.05, 3.63) is 0 Å².